The zero-order valence-electron chi connectivity index (χ0n) is 21.9. The highest BCUT2D eigenvalue weighted by molar-refractivity contribution is 5.93. The number of hydrogen-bond donors (Lipinski definition) is 5. The number of allylic oxidation sites excluding steroid dienone is 1. The van der Waals surface area contributed by atoms with Gasteiger partial charge in [0.05, 0.1) is 37.9 Å². The Morgan fingerprint density at radius 2 is 1.92 bits per heavy atom. The number of rotatable bonds is 9. The van der Waals surface area contributed by atoms with Gasteiger partial charge >= 0.3 is 0 Å². The van der Waals surface area contributed by atoms with Gasteiger partial charge in [-0.05, 0) is 31.7 Å². The number of amides is 2. The third-order valence-corrected chi connectivity index (χ3v) is 7.33. The Hall–Kier alpha value is -4.03. The number of nitrogens with two attached hydrogens (primary N) is 3. The molecule has 2 amide bonds. The van der Waals surface area contributed by atoms with Gasteiger partial charge in [-0.3, -0.25) is 14.3 Å². The van der Waals surface area contributed by atoms with Gasteiger partial charge in [0.15, 0.2) is 5.79 Å². The molecule has 208 valence electrons. The maximum Gasteiger partial charge on any atom is 0.266 e. The van der Waals surface area contributed by atoms with Crippen molar-refractivity contribution in [2.24, 2.45) is 23.1 Å². The van der Waals surface area contributed by atoms with Crippen molar-refractivity contribution >= 4 is 17.5 Å². The number of benzene rings is 1. The van der Waals surface area contributed by atoms with Crippen molar-refractivity contribution in [1.29, 1.82) is 0 Å². The molecule has 0 radical (unpaired) electrons. The summed E-state index contributed by atoms with van der Waals surface area (Å²) in [4.78, 5) is 24.1. The number of carbonyl (C=O) groups is 2. The van der Waals surface area contributed by atoms with Crippen LogP contribution in [0, 0.1) is 5.92 Å². The van der Waals surface area contributed by atoms with E-state index >= 15 is 0 Å². The van der Waals surface area contributed by atoms with Gasteiger partial charge in [-0.15, -0.1) is 0 Å². The van der Waals surface area contributed by atoms with Crippen LogP contribution in [0.5, 0.6) is 5.75 Å². The van der Waals surface area contributed by atoms with Crippen molar-refractivity contribution in [2.75, 3.05) is 25.6 Å². The summed E-state index contributed by atoms with van der Waals surface area (Å²) in [5.74, 6) is -1.17. The van der Waals surface area contributed by atoms with Gasteiger partial charge in [0.2, 0.25) is 5.91 Å². The monoisotopic (exact) mass is 537 g/mol. The molecule has 5 rings (SSSR count). The van der Waals surface area contributed by atoms with Gasteiger partial charge in [-0.25, -0.2) is 0 Å². The molecule has 1 saturated heterocycles. The molecule has 12 heteroatoms. The SMILES string of the molecule is COc1c(NC(/C=C(\N)NC(=O)C2CC2)=C(/N)C(N)=O)cccc1-c1cnn(C2CCCCC23OCCO3)c1. The highest BCUT2D eigenvalue weighted by Gasteiger charge is 2.47. The van der Waals surface area contributed by atoms with Crippen LogP contribution >= 0.6 is 0 Å². The first kappa shape index (κ1) is 26.6. The minimum Gasteiger partial charge on any atom is -0.494 e. The van der Waals surface area contributed by atoms with E-state index in [9.17, 15) is 9.59 Å². The van der Waals surface area contributed by atoms with Gasteiger partial charge in [0, 0.05) is 35.7 Å². The van der Waals surface area contributed by atoms with E-state index in [4.69, 9.17) is 31.4 Å². The summed E-state index contributed by atoms with van der Waals surface area (Å²) < 4.78 is 19.8. The van der Waals surface area contributed by atoms with Crippen LogP contribution in [0.3, 0.4) is 0 Å². The Kier molecular flexibility index (Phi) is 7.49. The normalized spacial score (nSPS) is 21.4. The van der Waals surface area contributed by atoms with Crippen molar-refractivity contribution in [3.8, 4) is 16.9 Å². The van der Waals surface area contributed by atoms with Crippen LogP contribution in [-0.2, 0) is 19.1 Å². The fourth-order valence-electron chi connectivity index (χ4n) is 5.21. The van der Waals surface area contributed by atoms with Crippen LogP contribution in [0.4, 0.5) is 5.69 Å². The van der Waals surface area contributed by atoms with E-state index in [0.29, 0.717) is 24.7 Å². The van der Waals surface area contributed by atoms with E-state index in [-0.39, 0.29) is 35.1 Å². The number of para-hydroxylation sites is 1. The molecule has 2 aliphatic carbocycles. The third-order valence-electron chi connectivity index (χ3n) is 7.33. The molecule has 1 aromatic carbocycles. The molecule has 12 nitrogen and oxygen atoms in total. The van der Waals surface area contributed by atoms with Crippen molar-refractivity contribution in [2.45, 2.75) is 50.4 Å². The number of aromatic nitrogens is 2. The van der Waals surface area contributed by atoms with E-state index in [1.807, 2.05) is 23.0 Å². The van der Waals surface area contributed by atoms with E-state index in [1.54, 1.807) is 19.4 Å². The quantitative estimate of drug-likeness (QED) is 0.235. The zero-order valence-corrected chi connectivity index (χ0v) is 21.9. The van der Waals surface area contributed by atoms with Crippen LogP contribution in [0.25, 0.3) is 11.1 Å². The number of hydrogen-bond acceptors (Lipinski definition) is 9. The van der Waals surface area contributed by atoms with Gasteiger partial charge in [-0.1, -0.05) is 18.6 Å². The molecule has 8 N–H and O–H groups in total. The number of methoxy groups -OCH3 is 1. The van der Waals surface area contributed by atoms with Crippen LogP contribution < -0.4 is 32.6 Å². The average Bonchev–Trinajstić information content (AvgIpc) is 3.50. The molecule has 1 spiro atoms. The van der Waals surface area contributed by atoms with Gasteiger partial charge < -0.3 is 42.0 Å². The summed E-state index contributed by atoms with van der Waals surface area (Å²) in [5.41, 5.74) is 19.5. The Labute approximate surface area is 226 Å². The molecule has 3 fully saturated rings. The molecular weight excluding hydrogens is 502 g/mol. The summed E-state index contributed by atoms with van der Waals surface area (Å²) >= 11 is 0. The van der Waals surface area contributed by atoms with Crippen LogP contribution in [-0.4, -0.2) is 47.7 Å². The third kappa shape index (κ3) is 5.57. The molecule has 2 saturated carbocycles. The standard InChI is InChI=1S/C27H35N7O5/c1-37-24-18(17-14-31-34(15-17)21-7-2-3-10-27(21)38-11-12-39-27)5-4-6-19(24)32-20(23(29)25(30)35)13-22(28)33-26(36)16-8-9-16/h4-6,13-16,21,32H,2-3,7-12,28-29H2,1H3,(H2,30,35)(H,33,36)/b22-13+,23-20+. The number of anilines is 1. The number of carbonyl (C=O) groups excluding carboxylic acids is 2. The van der Waals surface area contributed by atoms with E-state index in [2.05, 4.69) is 15.7 Å². The average molecular weight is 538 g/mol. The number of nitrogens with one attached hydrogen (secondary N) is 2. The number of nitrogens with zero attached hydrogens (tertiary/aromatic N) is 2. The first-order valence-corrected chi connectivity index (χ1v) is 13.2. The predicted octanol–water partition coefficient (Wildman–Crippen LogP) is 1.81. The lowest BCUT2D eigenvalue weighted by Gasteiger charge is -2.39. The Morgan fingerprint density at radius 3 is 2.62 bits per heavy atom. The zero-order chi connectivity index (χ0) is 27.6. The second kappa shape index (κ2) is 11.0. The fourth-order valence-corrected chi connectivity index (χ4v) is 5.21. The summed E-state index contributed by atoms with van der Waals surface area (Å²) in [6.45, 7) is 1.17. The summed E-state index contributed by atoms with van der Waals surface area (Å²) in [6.07, 6.45) is 10.6. The molecule has 1 aromatic heterocycles. The summed E-state index contributed by atoms with van der Waals surface area (Å²) in [5, 5.41) is 10.4. The van der Waals surface area contributed by atoms with Crippen molar-refractivity contribution in [3.63, 3.8) is 0 Å². The van der Waals surface area contributed by atoms with Crippen LogP contribution in [0.15, 0.2) is 53.9 Å². The molecule has 39 heavy (non-hydrogen) atoms. The highest BCUT2D eigenvalue weighted by atomic mass is 16.7. The summed E-state index contributed by atoms with van der Waals surface area (Å²) in [7, 11) is 1.55. The second-order valence-corrected chi connectivity index (χ2v) is 10.0. The largest absolute Gasteiger partial charge is 0.494 e. The minimum atomic E-state index is -0.843. The van der Waals surface area contributed by atoms with E-state index < -0.39 is 11.7 Å². The molecule has 0 bridgehead atoms. The van der Waals surface area contributed by atoms with Gasteiger partial charge in [-0.2, -0.15) is 5.10 Å². The smallest absolute Gasteiger partial charge is 0.266 e. The molecular formula is C27H35N7O5. The predicted molar refractivity (Wildman–Crippen MR) is 144 cm³/mol. The number of primary amides is 1. The van der Waals surface area contributed by atoms with E-state index in [1.165, 1.54) is 6.08 Å². The van der Waals surface area contributed by atoms with Crippen molar-refractivity contribution in [3.05, 3.63) is 53.9 Å². The topological polar surface area (TPSA) is 182 Å². The van der Waals surface area contributed by atoms with Crippen molar-refractivity contribution in [1.82, 2.24) is 15.1 Å². The number of ether oxygens (including phenoxy) is 3. The van der Waals surface area contributed by atoms with Gasteiger partial charge in [0.1, 0.15) is 23.3 Å². The minimum absolute atomic E-state index is 0.0290. The lowest BCUT2D eigenvalue weighted by molar-refractivity contribution is -0.208. The molecule has 3 aliphatic rings. The fraction of sp³-hybridized carbons (Fsp3) is 0.444. The molecule has 1 atom stereocenters. The Balaban J connectivity index is 1.44. The van der Waals surface area contributed by atoms with E-state index in [0.717, 1.165) is 49.7 Å². The van der Waals surface area contributed by atoms with Crippen LogP contribution in [0.2, 0.25) is 0 Å². The lowest BCUT2D eigenvalue weighted by Crippen LogP contribution is -2.43. The first-order chi connectivity index (χ1) is 18.8. The van der Waals surface area contributed by atoms with Crippen LogP contribution in [0.1, 0.15) is 44.6 Å². The Bertz CT molecular complexity index is 1310. The summed E-state index contributed by atoms with van der Waals surface area (Å²) in [6, 6.07) is 5.48. The maximum atomic E-state index is 12.1. The highest BCUT2D eigenvalue weighted by Crippen LogP contribution is 2.44. The molecule has 2 aromatic rings. The molecule has 1 unspecified atom stereocenters. The first-order valence-electron chi connectivity index (χ1n) is 13.2. The Morgan fingerprint density at radius 1 is 1.15 bits per heavy atom. The second-order valence-electron chi connectivity index (χ2n) is 10.0. The molecule has 2 heterocycles. The van der Waals surface area contributed by atoms with Gasteiger partial charge in [0.25, 0.3) is 5.91 Å². The maximum absolute atomic E-state index is 12.1. The molecule has 1 aliphatic heterocycles. The lowest BCUT2D eigenvalue weighted by atomic mass is 9.89. The van der Waals surface area contributed by atoms with Crippen molar-refractivity contribution < 1.29 is 23.8 Å².